The molecule has 1 aromatic carbocycles. The minimum absolute atomic E-state index is 0. The maximum absolute atomic E-state index is 5.13. The fraction of sp³-hybridized carbons (Fsp3) is 0.333. The van der Waals surface area contributed by atoms with E-state index in [1.165, 1.54) is 0 Å². The molecule has 9 heteroatoms. The molecule has 0 bridgehead atoms. The average molecular weight is 412 g/mol. The van der Waals surface area contributed by atoms with Crippen LogP contribution in [0.3, 0.4) is 0 Å². The van der Waals surface area contributed by atoms with Crippen LogP contribution in [0.2, 0.25) is 0 Å². The molecule has 0 unspecified atom stereocenters. The van der Waals surface area contributed by atoms with Crippen LogP contribution in [0.15, 0.2) is 50.7 Å². The quantitative estimate of drug-likeness (QED) is 0.249. The monoisotopic (exact) mass is 411 g/mol. The van der Waals surface area contributed by atoms with Crippen LogP contribution in [0.4, 0.5) is 0 Å². The molecule has 0 saturated carbocycles. The molecular weight excluding hydrogens is 392 g/mol. The van der Waals surface area contributed by atoms with Gasteiger partial charge in [-0.2, -0.15) is 15.3 Å². The van der Waals surface area contributed by atoms with Gasteiger partial charge < -0.3 is 35.1 Å². The van der Waals surface area contributed by atoms with E-state index in [0.29, 0.717) is 21.8 Å². The first-order chi connectivity index (χ1) is 10.8. The summed E-state index contributed by atoms with van der Waals surface area (Å²) < 4.78 is 0. The van der Waals surface area contributed by atoms with Crippen LogP contribution in [-0.2, 0) is 42.3 Å². The van der Waals surface area contributed by atoms with Crippen LogP contribution < -0.4 is 0 Å². The summed E-state index contributed by atoms with van der Waals surface area (Å²) in [6.45, 7) is 1.81. The van der Waals surface area contributed by atoms with Gasteiger partial charge in [-0.15, -0.1) is 5.10 Å². The molecule has 0 aliphatic carbocycles. The third-order valence-electron chi connectivity index (χ3n) is 2.68. The van der Waals surface area contributed by atoms with E-state index in [1.807, 2.05) is 65.4 Å². The summed E-state index contributed by atoms with van der Waals surface area (Å²) in [4.78, 5) is 3.41. The smallest absolute Gasteiger partial charge is 0.741 e. The van der Waals surface area contributed by atoms with Crippen molar-refractivity contribution in [2.45, 2.75) is 6.92 Å². The molecule has 0 aliphatic heterocycles. The normalized spacial score (nSPS) is 13.4. The van der Waals surface area contributed by atoms with E-state index in [9.17, 15) is 0 Å². The van der Waals surface area contributed by atoms with E-state index in [4.69, 9.17) is 25.3 Å². The Balaban J connectivity index is 0.00000529. The number of rotatable bonds is 4. The van der Waals surface area contributed by atoms with Crippen molar-refractivity contribution in [2.75, 3.05) is 28.2 Å². The van der Waals surface area contributed by atoms with E-state index in [-0.39, 0.29) is 17.1 Å². The van der Waals surface area contributed by atoms with Crippen LogP contribution >= 0.6 is 0 Å². The number of benzene rings is 1. The van der Waals surface area contributed by atoms with Gasteiger partial charge in [0, 0.05) is 44.1 Å². The molecule has 24 heavy (non-hydrogen) atoms. The zero-order chi connectivity index (χ0) is 17.4. The van der Waals surface area contributed by atoms with Crippen molar-refractivity contribution in [3.8, 4) is 0 Å². The molecule has 0 spiro atoms. The van der Waals surface area contributed by atoms with Gasteiger partial charge >= 0.3 is 17.1 Å². The summed E-state index contributed by atoms with van der Waals surface area (Å²) in [6, 6.07) is 9.63. The van der Waals surface area contributed by atoms with E-state index >= 15 is 0 Å². The van der Waals surface area contributed by atoms with Crippen molar-refractivity contribution in [3.63, 3.8) is 0 Å². The molecule has 0 fully saturated rings. The first-order valence-electron chi connectivity index (χ1n) is 6.85. The second kappa shape index (κ2) is 11.1. The minimum atomic E-state index is 0. The van der Waals surface area contributed by atoms with Gasteiger partial charge in [0.1, 0.15) is 5.71 Å². The predicted molar refractivity (Wildman–Crippen MR) is 103 cm³/mol. The maximum Gasteiger partial charge on any atom is 2.00 e. The van der Waals surface area contributed by atoms with Gasteiger partial charge in [-0.3, -0.25) is 0 Å². The molecular formula is C15H20CuN6S2. The van der Waals surface area contributed by atoms with Crippen molar-refractivity contribution in [3.05, 3.63) is 35.9 Å². The first-order valence-corrected chi connectivity index (χ1v) is 7.67. The van der Waals surface area contributed by atoms with E-state index in [0.717, 1.165) is 5.56 Å². The zero-order valence-electron chi connectivity index (χ0n) is 14.2. The average Bonchev–Trinajstić information content (AvgIpc) is 2.53. The van der Waals surface area contributed by atoms with Gasteiger partial charge in [0.15, 0.2) is 0 Å². The van der Waals surface area contributed by atoms with E-state index in [2.05, 4.69) is 20.4 Å². The second-order valence-electron chi connectivity index (χ2n) is 5.05. The van der Waals surface area contributed by atoms with Crippen LogP contribution in [0.1, 0.15) is 12.5 Å². The summed E-state index contributed by atoms with van der Waals surface area (Å²) in [5, 5.41) is 17.2. The molecule has 0 heterocycles. The SMILES string of the molecule is CC(=N\N=C(/[S-])N(C)C)/C(=N/N=C(\[S-])N(C)C)c1ccccc1.[Cu+2]. The van der Waals surface area contributed by atoms with Crippen molar-refractivity contribution < 1.29 is 17.1 Å². The van der Waals surface area contributed by atoms with Gasteiger partial charge in [-0.25, -0.2) is 0 Å². The Labute approximate surface area is 165 Å². The topological polar surface area (TPSA) is 55.9 Å². The summed E-state index contributed by atoms with van der Waals surface area (Å²) >= 11 is 10.2. The van der Waals surface area contributed by atoms with Crippen molar-refractivity contribution in [2.24, 2.45) is 20.4 Å². The molecule has 0 saturated heterocycles. The fourth-order valence-electron chi connectivity index (χ4n) is 1.37. The van der Waals surface area contributed by atoms with Gasteiger partial charge in [0.25, 0.3) is 0 Å². The fourth-order valence-corrected chi connectivity index (χ4v) is 1.45. The number of amidine groups is 2. The zero-order valence-corrected chi connectivity index (χ0v) is 16.8. The third-order valence-corrected chi connectivity index (χ3v) is 3.57. The summed E-state index contributed by atoms with van der Waals surface area (Å²) in [6.07, 6.45) is 0. The number of nitrogens with zero attached hydrogens (tertiary/aromatic N) is 6. The molecule has 0 aliphatic rings. The molecule has 1 aromatic rings. The second-order valence-corrected chi connectivity index (χ2v) is 5.78. The Morgan fingerprint density at radius 3 is 1.71 bits per heavy atom. The molecule has 1 radical (unpaired) electrons. The Morgan fingerprint density at radius 2 is 1.25 bits per heavy atom. The summed E-state index contributed by atoms with van der Waals surface area (Å²) in [5.74, 6) is 0. The number of hydrogen-bond acceptors (Lipinski definition) is 6. The van der Waals surface area contributed by atoms with E-state index in [1.54, 1.807) is 9.80 Å². The van der Waals surface area contributed by atoms with Gasteiger partial charge in [0.2, 0.25) is 0 Å². The van der Waals surface area contributed by atoms with Gasteiger partial charge in [-0.1, -0.05) is 30.3 Å². The largest absolute Gasteiger partial charge is 2.00 e. The van der Waals surface area contributed by atoms with Gasteiger partial charge in [-0.05, 0) is 6.92 Å². The maximum atomic E-state index is 5.13. The Morgan fingerprint density at radius 1 is 0.792 bits per heavy atom. The molecule has 1 rings (SSSR count). The molecule has 6 nitrogen and oxygen atoms in total. The first kappa shape index (κ1) is 22.5. The summed E-state index contributed by atoms with van der Waals surface area (Å²) in [7, 11) is 7.26. The molecule has 0 atom stereocenters. The van der Waals surface area contributed by atoms with Crippen molar-refractivity contribution >= 4 is 47.0 Å². The minimum Gasteiger partial charge on any atom is -0.741 e. The standard InChI is InChI=1S/C15H22N6S2.Cu/c1-11(16-18-14(22)20(2)3)13(12-9-7-6-8-10-12)17-19-15(23)21(4)5;/h6-10H,1-5H3,(H,18,22)(H,19,23);/q;+2/p-2/b16-11+,17-13-;. The third kappa shape index (κ3) is 7.35. The Kier molecular flexibility index (Phi) is 10.4. The predicted octanol–water partition coefficient (Wildman–Crippen LogP) is 1.69. The van der Waals surface area contributed by atoms with Crippen LogP contribution in [-0.4, -0.2) is 59.7 Å². The summed E-state index contributed by atoms with van der Waals surface area (Å²) in [5.41, 5.74) is 2.08. The van der Waals surface area contributed by atoms with E-state index < -0.39 is 0 Å². The van der Waals surface area contributed by atoms with Crippen LogP contribution in [0.5, 0.6) is 0 Å². The molecule has 0 aromatic heterocycles. The Hall–Kier alpha value is -1.54. The number of hydrogen-bond donors (Lipinski definition) is 0. The Bertz CT molecular complexity index is 639. The van der Waals surface area contributed by atoms with Crippen LogP contribution in [0, 0.1) is 0 Å². The molecule has 0 amide bonds. The van der Waals surface area contributed by atoms with Crippen LogP contribution in [0.25, 0.3) is 0 Å². The molecule has 133 valence electrons. The van der Waals surface area contributed by atoms with Crippen molar-refractivity contribution in [1.82, 2.24) is 9.80 Å². The van der Waals surface area contributed by atoms with Crippen molar-refractivity contribution in [1.29, 1.82) is 0 Å². The van der Waals surface area contributed by atoms with Gasteiger partial charge in [0.05, 0.1) is 5.71 Å². The molecule has 0 N–H and O–H groups in total.